The zero-order chi connectivity index (χ0) is 19.6. The fourth-order valence-electron chi connectivity index (χ4n) is 2.46. The van der Waals surface area contributed by atoms with Crippen LogP contribution < -0.4 is 4.72 Å². The molecule has 0 aliphatic carbocycles. The summed E-state index contributed by atoms with van der Waals surface area (Å²) in [4.78, 5) is 16.4. The molecule has 3 rings (SSSR count). The number of carbonyl (C=O) groups is 1. The second-order valence-electron chi connectivity index (χ2n) is 5.79. The molecule has 1 heterocycles. The SMILES string of the molecule is Cc1nc(C(=O)NS(=O)(=O)c2ccccc2Cl)cn1Cc1ccc(Cl)cc1. The van der Waals surface area contributed by atoms with Gasteiger partial charge in [0.1, 0.15) is 16.4 Å². The number of aryl methyl sites for hydroxylation is 1. The summed E-state index contributed by atoms with van der Waals surface area (Å²) < 4.78 is 28.5. The highest BCUT2D eigenvalue weighted by Gasteiger charge is 2.23. The molecular formula is C18H15Cl2N3O3S. The molecular weight excluding hydrogens is 409 g/mol. The third kappa shape index (κ3) is 4.50. The van der Waals surface area contributed by atoms with E-state index in [0.29, 0.717) is 17.4 Å². The monoisotopic (exact) mass is 423 g/mol. The lowest BCUT2D eigenvalue weighted by Crippen LogP contribution is -2.31. The molecule has 0 spiro atoms. The van der Waals surface area contributed by atoms with Gasteiger partial charge in [-0.25, -0.2) is 18.1 Å². The molecule has 0 bridgehead atoms. The molecule has 0 radical (unpaired) electrons. The van der Waals surface area contributed by atoms with Crippen molar-refractivity contribution in [2.75, 3.05) is 0 Å². The first kappa shape index (κ1) is 19.4. The van der Waals surface area contributed by atoms with Gasteiger partial charge in [-0.1, -0.05) is 47.5 Å². The van der Waals surface area contributed by atoms with Gasteiger partial charge in [0.25, 0.3) is 15.9 Å². The fourth-order valence-corrected chi connectivity index (χ4v) is 4.06. The normalized spacial score (nSPS) is 11.4. The Hall–Kier alpha value is -2.35. The van der Waals surface area contributed by atoms with E-state index in [1.807, 2.05) is 16.9 Å². The average molecular weight is 424 g/mol. The Morgan fingerprint density at radius 1 is 1.11 bits per heavy atom. The number of imidazole rings is 1. The van der Waals surface area contributed by atoms with Crippen LogP contribution in [0.15, 0.2) is 59.6 Å². The van der Waals surface area contributed by atoms with Crippen molar-refractivity contribution in [3.8, 4) is 0 Å². The van der Waals surface area contributed by atoms with E-state index in [0.717, 1.165) is 5.56 Å². The molecule has 1 N–H and O–H groups in total. The molecule has 0 fully saturated rings. The number of carbonyl (C=O) groups excluding carboxylic acids is 1. The minimum absolute atomic E-state index is 0.00269. The molecule has 0 aliphatic heterocycles. The van der Waals surface area contributed by atoms with Crippen molar-refractivity contribution in [1.82, 2.24) is 14.3 Å². The van der Waals surface area contributed by atoms with E-state index < -0.39 is 15.9 Å². The predicted octanol–water partition coefficient (Wildman–Crippen LogP) is 3.67. The van der Waals surface area contributed by atoms with Gasteiger partial charge in [-0.15, -0.1) is 0 Å². The van der Waals surface area contributed by atoms with Crippen molar-refractivity contribution in [3.05, 3.63) is 81.9 Å². The molecule has 0 aliphatic rings. The van der Waals surface area contributed by atoms with E-state index in [2.05, 4.69) is 4.98 Å². The summed E-state index contributed by atoms with van der Waals surface area (Å²) >= 11 is 11.8. The molecule has 140 valence electrons. The maximum Gasteiger partial charge on any atom is 0.285 e. The molecule has 1 aromatic heterocycles. The van der Waals surface area contributed by atoms with Crippen molar-refractivity contribution >= 4 is 39.1 Å². The summed E-state index contributed by atoms with van der Waals surface area (Å²) in [6.07, 6.45) is 1.50. The summed E-state index contributed by atoms with van der Waals surface area (Å²) in [5, 5.41) is 0.660. The minimum atomic E-state index is -4.10. The van der Waals surface area contributed by atoms with Crippen molar-refractivity contribution in [2.45, 2.75) is 18.4 Å². The summed E-state index contributed by atoms with van der Waals surface area (Å²) in [7, 11) is -4.10. The summed E-state index contributed by atoms with van der Waals surface area (Å²) in [6.45, 7) is 2.20. The molecule has 2 aromatic carbocycles. The van der Waals surface area contributed by atoms with Crippen LogP contribution in [0.3, 0.4) is 0 Å². The molecule has 3 aromatic rings. The van der Waals surface area contributed by atoms with Crippen molar-refractivity contribution in [2.24, 2.45) is 0 Å². The zero-order valence-electron chi connectivity index (χ0n) is 14.2. The maximum absolute atomic E-state index is 12.4. The first-order valence-electron chi connectivity index (χ1n) is 7.86. The van der Waals surface area contributed by atoms with Gasteiger partial charge in [0.15, 0.2) is 0 Å². The van der Waals surface area contributed by atoms with Crippen LogP contribution >= 0.6 is 23.2 Å². The molecule has 9 heteroatoms. The Morgan fingerprint density at radius 3 is 2.44 bits per heavy atom. The van der Waals surface area contributed by atoms with Gasteiger partial charge in [-0.3, -0.25) is 4.79 Å². The first-order chi connectivity index (χ1) is 12.8. The number of rotatable bonds is 5. The van der Waals surface area contributed by atoms with Crippen LogP contribution in [0.5, 0.6) is 0 Å². The maximum atomic E-state index is 12.4. The zero-order valence-corrected chi connectivity index (χ0v) is 16.5. The topological polar surface area (TPSA) is 81.1 Å². The van der Waals surface area contributed by atoms with Gasteiger partial charge in [0.2, 0.25) is 0 Å². The Kier molecular flexibility index (Phi) is 5.55. The average Bonchev–Trinajstić information content (AvgIpc) is 2.98. The highest BCUT2D eigenvalue weighted by atomic mass is 35.5. The van der Waals surface area contributed by atoms with Gasteiger partial charge in [0, 0.05) is 17.8 Å². The molecule has 1 amide bonds. The first-order valence-corrected chi connectivity index (χ1v) is 10.1. The third-order valence-electron chi connectivity index (χ3n) is 3.83. The van der Waals surface area contributed by atoms with Gasteiger partial charge < -0.3 is 4.57 Å². The lowest BCUT2D eigenvalue weighted by Gasteiger charge is -2.07. The summed E-state index contributed by atoms with van der Waals surface area (Å²) in [6, 6.07) is 13.2. The van der Waals surface area contributed by atoms with Crippen LogP contribution in [0, 0.1) is 6.92 Å². The smallest absolute Gasteiger partial charge is 0.285 e. The Bertz CT molecular complexity index is 1090. The molecule has 0 unspecified atom stereocenters. The molecule has 0 saturated carbocycles. The molecule has 0 saturated heterocycles. The van der Waals surface area contributed by atoms with Crippen LogP contribution in [0.4, 0.5) is 0 Å². The lowest BCUT2D eigenvalue weighted by molar-refractivity contribution is 0.0977. The highest BCUT2D eigenvalue weighted by Crippen LogP contribution is 2.20. The van der Waals surface area contributed by atoms with Crippen LogP contribution in [-0.4, -0.2) is 23.9 Å². The quantitative estimate of drug-likeness (QED) is 0.678. The van der Waals surface area contributed by atoms with Gasteiger partial charge >= 0.3 is 0 Å². The number of hydrogen-bond acceptors (Lipinski definition) is 4. The van der Waals surface area contributed by atoms with E-state index >= 15 is 0 Å². The second-order valence-corrected chi connectivity index (χ2v) is 8.29. The predicted molar refractivity (Wildman–Crippen MR) is 104 cm³/mol. The second kappa shape index (κ2) is 7.72. The Labute approximate surface area is 166 Å². The van der Waals surface area contributed by atoms with Crippen molar-refractivity contribution in [1.29, 1.82) is 0 Å². The number of nitrogens with zero attached hydrogens (tertiary/aromatic N) is 2. The number of sulfonamides is 1. The molecule has 27 heavy (non-hydrogen) atoms. The number of benzene rings is 2. The fraction of sp³-hybridized carbons (Fsp3) is 0.111. The number of halogens is 2. The van der Waals surface area contributed by atoms with E-state index in [1.165, 1.54) is 24.4 Å². The van der Waals surface area contributed by atoms with Gasteiger partial charge in [-0.2, -0.15) is 0 Å². The van der Waals surface area contributed by atoms with E-state index in [4.69, 9.17) is 23.2 Å². The van der Waals surface area contributed by atoms with Gasteiger partial charge in [-0.05, 0) is 36.8 Å². The third-order valence-corrected chi connectivity index (χ3v) is 5.91. The Morgan fingerprint density at radius 2 is 1.78 bits per heavy atom. The van der Waals surface area contributed by atoms with Crippen LogP contribution in [-0.2, 0) is 16.6 Å². The van der Waals surface area contributed by atoms with Gasteiger partial charge in [0.05, 0.1) is 5.02 Å². The largest absolute Gasteiger partial charge is 0.330 e. The molecule has 6 nitrogen and oxygen atoms in total. The number of hydrogen-bond donors (Lipinski definition) is 1. The minimum Gasteiger partial charge on any atom is -0.330 e. The lowest BCUT2D eigenvalue weighted by atomic mass is 10.2. The number of aromatic nitrogens is 2. The van der Waals surface area contributed by atoms with Crippen molar-refractivity contribution < 1.29 is 13.2 Å². The standard InChI is InChI=1S/C18H15Cl2N3O3S/c1-12-21-16(11-23(12)10-13-6-8-14(19)9-7-13)18(24)22-27(25,26)17-5-3-2-4-15(17)20/h2-9,11H,10H2,1H3,(H,22,24). The van der Waals surface area contributed by atoms with Crippen LogP contribution in [0.1, 0.15) is 21.9 Å². The van der Waals surface area contributed by atoms with E-state index in [1.54, 1.807) is 29.7 Å². The van der Waals surface area contributed by atoms with Crippen LogP contribution in [0.2, 0.25) is 10.0 Å². The highest BCUT2D eigenvalue weighted by molar-refractivity contribution is 7.90. The summed E-state index contributed by atoms with van der Waals surface area (Å²) in [5.41, 5.74) is 0.965. The van der Waals surface area contributed by atoms with E-state index in [-0.39, 0.29) is 15.6 Å². The van der Waals surface area contributed by atoms with Crippen molar-refractivity contribution in [3.63, 3.8) is 0 Å². The molecule has 0 atom stereocenters. The van der Waals surface area contributed by atoms with Crippen LogP contribution in [0.25, 0.3) is 0 Å². The Balaban J connectivity index is 1.80. The number of nitrogens with one attached hydrogen (secondary N) is 1. The summed E-state index contributed by atoms with van der Waals surface area (Å²) in [5.74, 6) is -0.252. The van der Waals surface area contributed by atoms with E-state index in [9.17, 15) is 13.2 Å². The number of amides is 1.